The third-order valence-electron chi connectivity index (χ3n) is 4.71. The molecular formula is C23H17Cl2F3N2O5S. The van der Waals surface area contributed by atoms with Crippen LogP contribution in [0, 0.1) is 6.92 Å². The number of nitrogens with one attached hydrogen (secondary N) is 2. The first kappa shape index (κ1) is 27.3. The number of halogens is 5. The van der Waals surface area contributed by atoms with Crippen molar-refractivity contribution < 1.29 is 35.9 Å². The van der Waals surface area contributed by atoms with Crippen LogP contribution in [0.1, 0.15) is 21.5 Å². The highest BCUT2D eigenvalue weighted by molar-refractivity contribution is 7.92. The zero-order chi connectivity index (χ0) is 26.7. The Bertz CT molecular complexity index is 1430. The number of aryl methyl sites for hydroxylation is 1. The van der Waals surface area contributed by atoms with Crippen LogP contribution >= 0.6 is 23.2 Å². The monoisotopic (exact) mass is 560 g/mol. The molecular weight excluding hydrogens is 544 g/mol. The lowest BCUT2D eigenvalue weighted by atomic mass is 10.1. The summed E-state index contributed by atoms with van der Waals surface area (Å²) in [6.45, 7) is 0.564. The van der Waals surface area contributed by atoms with Crippen LogP contribution in [0.5, 0.6) is 0 Å². The molecule has 3 aromatic carbocycles. The predicted octanol–water partition coefficient (Wildman–Crippen LogP) is 5.92. The quantitative estimate of drug-likeness (QED) is 0.349. The average molecular weight is 561 g/mol. The van der Waals surface area contributed by atoms with Crippen molar-refractivity contribution in [2.45, 2.75) is 18.0 Å². The van der Waals surface area contributed by atoms with Gasteiger partial charge in [-0.2, -0.15) is 13.2 Å². The molecule has 0 unspecified atom stereocenters. The number of esters is 1. The minimum atomic E-state index is -4.78. The van der Waals surface area contributed by atoms with Gasteiger partial charge >= 0.3 is 12.1 Å². The Hall–Kier alpha value is -3.28. The van der Waals surface area contributed by atoms with E-state index in [0.29, 0.717) is 10.6 Å². The van der Waals surface area contributed by atoms with E-state index in [0.717, 1.165) is 24.3 Å². The van der Waals surface area contributed by atoms with Gasteiger partial charge in [0.05, 0.1) is 32.4 Å². The van der Waals surface area contributed by atoms with Crippen molar-refractivity contribution in [1.29, 1.82) is 0 Å². The van der Waals surface area contributed by atoms with Crippen LogP contribution in [0.25, 0.3) is 0 Å². The van der Waals surface area contributed by atoms with Crippen LogP contribution < -0.4 is 10.0 Å². The third-order valence-corrected chi connectivity index (χ3v) is 6.78. The Morgan fingerprint density at radius 1 is 1.00 bits per heavy atom. The van der Waals surface area contributed by atoms with Crippen molar-refractivity contribution >= 4 is 56.5 Å². The number of para-hydroxylation sites is 1. The van der Waals surface area contributed by atoms with E-state index < -0.39 is 45.9 Å². The van der Waals surface area contributed by atoms with Gasteiger partial charge in [0.1, 0.15) is 0 Å². The maximum absolute atomic E-state index is 13.2. The van der Waals surface area contributed by atoms with Crippen molar-refractivity contribution in [1.82, 2.24) is 0 Å². The molecule has 0 saturated heterocycles. The fraction of sp³-hybridized carbons (Fsp3) is 0.130. The first-order chi connectivity index (χ1) is 16.8. The molecule has 36 heavy (non-hydrogen) atoms. The van der Waals surface area contributed by atoms with Crippen molar-refractivity contribution in [3.8, 4) is 0 Å². The van der Waals surface area contributed by atoms with Gasteiger partial charge in [-0.15, -0.1) is 0 Å². The molecule has 0 aliphatic heterocycles. The van der Waals surface area contributed by atoms with E-state index in [1.54, 1.807) is 12.1 Å². The molecule has 0 spiro atoms. The number of anilines is 2. The van der Waals surface area contributed by atoms with Gasteiger partial charge in [-0.3, -0.25) is 9.52 Å². The summed E-state index contributed by atoms with van der Waals surface area (Å²) in [4.78, 5) is 24.4. The molecule has 2 N–H and O–H groups in total. The lowest BCUT2D eigenvalue weighted by molar-refractivity contribution is -0.137. The van der Waals surface area contributed by atoms with E-state index in [2.05, 4.69) is 4.72 Å². The van der Waals surface area contributed by atoms with Crippen molar-refractivity contribution in [3.05, 3.63) is 87.4 Å². The highest BCUT2D eigenvalue weighted by atomic mass is 35.5. The normalized spacial score (nSPS) is 11.6. The van der Waals surface area contributed by atoms with Crippen LogP contribution in [0.2, 0.25) is 10.0 Å². The molecule has 0 saturated carbocycles. The Kier molecular flexibility index (Phi) is 8.17. The van der Waals surface area contributed by atoms with Gasteiger partial charge in [-0.25, -0.2) is 13.2 Å². The van der Waals surface area contributed by atoms with E-state index in [9.17, 15) is 31.2 Å². The van der Waals surface area contributed by atoms with Gasteiger partial charge in [0.2, 0.25) is 0 Å². The smallest absolute Gasteiger partial charge is 0.418 e. The number of benzene rings is 3. The van der Waals surface area contributed by atoms with E-state index in [4.69, 9.17) is 27.9 Å². The Balaban J connectivity index is 1.73. The highest BCUT2D eigenvalue weighted by Gasteiger charge is 2.35. The number of ether oxygens (including phenoxy) is 1. The summed E-state index contributed by atoms with van der Waals surface area (Å²) in [7, 11) is -4.13. The standard InChI is InChI=1S/C23H17Cl2F3N2O5S/c1-13-8-9-14(10-19(13)36(33,34)30-16-5-2-4-15(24)11-16)22(32)35-12-20(31)29-21-17(23(26,27)28)6-3-7-18(21)25/h2-11,30H,12H2,1H3,(H,29,31). The number of hydrogen-bond acceptors (Lipinski definition) is 5. The molecule has 0 fully saturated rings. The number of carbonyl (C=O) groups is 2. The molecule has 0 bridgehead atoms. The Labute approximate surface area is 214 Å². The fourth-order valence-corrected chi connectivity index (χ4v) is 4.79. The van der Waals surface area contributed by atoms with Crippen molar-refractivity contribution in [2.24, 2.45) is 0 Å². The van der Waals surface area contributed by atoms with Crippen LogP contribution in [0.4, 0.5) is 24.5 Å². The minimum Gasteiger partial charge on any atom is -0.452 e. The minimum absolute atomic E-state index is 0.198. The molecule has 0 atom stereocenters. The lowest BCUT2D eigenvalue weighted by Crippen LogP contribution is -2.23. The van der Waals surface area contributed by atoms with Crippen LogP contribution in [-0.4, -0.2) is 26.9 Å². The molecule has 3 aromatic rings. The van der Waals surface area contributed by atoms with Gasteiger partial charge in [0.25, 0.3) is 15.9 Å². The number of hydrogen-bond donors (Lipinski definition) is 2. The second-order valence-corrected chi connectivity index (χ2v) is 9.88. The largest absolute Gasteiger partial charge is 0.452 e. The summed E-state index contributed by atoms with van der Waals surface area (Å²) >= 11 is 11.7. The molecule has 0 aliphatic carbocycles. The molecule has 0 aliphatic rings. The van der Waals surface area contributed by atoms with Crippen LogP contribution in [0.3, 0.4) is 0 Å². The number of rotatable bonds is 7. The zero-order valence-corrected chi connectivity index (χ0v) is 20.6. The fourth-order valence-electron chi connectivity index (χ4n) is 3.06. The van der Waals surface area contributed by atoms with Crippen molar-refractivity contribution in [2.75, 3.05) is 16.6 Å². The molecule has 0 heterocycles. The molecule has 0 aromatic heterocycles. The summed E-state index contributed by atoms with van der Waals surface area (Å²) in [5.41, 5.74) is -1.53. The summed E-state index contributed by atoms with van der Waals surface area (Å²) in [5, 5.41) is 1.93. The zero-order valence-electron chi connectivity index (χ0n) is 18.3. The van der Waals surface area contributed by atoms with Gasteiger partial charge < -0.3 is 10.1 Å². The molecule has 7 nitrogen and oxygen atoms in total. The first-order valence-corrected chi connectivity index (χ1v) is 12.2. The SMILES string of the molecule is Cc1ccc(C(=O)OCC(=O)Nc2c(Cl)cccc2C(F)(F)F)cc1S(=O)(=O)Nc1cccc(Cl)c1. The first-order valence-electron chi connectivity index (χ1n) is 9.99. The van der Waals surface area contributed by atoms with E-state index in [1.807, 2.05) is 5.32 Å². The maximum Gasteiger partial charge on any atom is 0.418 e. The Morgan fingerprint density at radius 2 is 1.69 bits per heavy atom. The van der Waals surface area contributed by atoms with Gasteiger partial charge in [0, 0.05) is 5.02 Å². The summed E-state index contributed by atoms with van der Waals surface area (Å²) in [5.74, 6) is -2.15. The van der Waals surface area contributed by atoms with Gasteiger partial charge in [-0.1, -0.05) is 41.4 Å². The predicted molar refractivity (Wildman–Crippen MR) is 129 cm³/mol. The summed E-state index contributed by atoms with van der Waals surface area (Å²) in [6.07, 6.45) is -4.78. The number of amides is 1. The van der Waals surface area contributed by atoms with E-state index in [-0.39, 0.29) is 21.2 Å². The van der Waals surface area contributed by atoms with Gasteiger partial charge in [-0.05, 0) is 55.0 Å². The molecule has 0 radical (unpaired) electrons. The lowest BCUT2D eigenvalue weighted by Gasteiger charge is -2.15. The van der Waals surface area contributed by atoms with Crippen molar-refractivity contribution in [3.63, 3.8) is 0 Å². The van der Waals surface area contributed by atoms with Crippen LogP contribution in [-0.2, 0) is 25.7 Å². The third kappa shape index (κ3) is 6.68. The van der Waals surface area contributed by atoms with E-state index in [1.165, 1.54) is 31.2 Å². The number of alkyl halides is 3. The highest BCUT2D eigenvalue weighted by Crippen LogP contribution is 2.38. The number of carbonyl (C=O) groups excluding carboxylic acids is 2. The second kappa shape index (κ2) is 10.8. The number of sulfonamides is 1. The average Bonchev–Trinajstić information content (AvgIpc) is 2.78. The van der Waals surface area contributed by atoms with Gasteiger partial charge in [0.15, 0.2) is 6.61 Å². The summed E-state index contributed by atoms with van der Waals surface area (Å²) in [6, 6.07) is 12.7. The second-order valence-electron chi connectivity index (χ2n) is 7.38. The van der Waals surface area contributed by atoms with E-state index >= 15 is 0 Å². The Morgan fingerprint density at radius 3 is 2.36 bits per heavy atom. The maximum atomic E-state index is 13.2. The topological polar surface area (TPSA) is 102 Å². The summed E-state index contributed by atoms with van der Waals surface area (Å²) < 4.78 is 72.5. The molecule has 190 valence electrons. The molecule has 1 amide bonds. The molecule has 3 rings (SSSR count). The van der Waals surface area contributed by atoms with Crippen LogP contribution in [0.15, 0.2) is 65.6 Å². The molecule has 13 heteroatoms.